The van der Waals surface area contributed by atoms with E-state index in [1.807, 2.05) is 36.4 Å². The third-order valence-electron chi connectivity index (χ3n) is 6.16. The highest BCUT2D eigenvalue weighted by molar-refractivity contribution is 5.85. The Balaban J connectivity index is 1.52. The standard InChI is InChI=1S/C31H23N3/c1-22-21-34(30-18-9-8-17-27(22)30)26-16-10-15-25(19-26)31-32-28(23-11-4-2-5-12-23)20-29(33-31)24-13-6-3-7-14-24/h2-21H,1H3. The monoisotopic (exact) mass is 437 g/mol. The molecule has 3 heteroatoms. The van der Waals surface area contributed by atoms with Crippen LogP contribution in [-0.2, 0) is 0 Å². The van der Waals surface area contributed by atoms with Crippen LogP contribution in [0.5, 0.6) is 0 Å². The minimum atomic E-state index is 0.718. The van der Waals surface area contributed by atoms with Crippen molar-refractivity contribution in [2.45, 2.75) is 6.92 Å². The van der Waals surface area contributed by atoms with Crippen molar-refractivity contribution in [3.05, 3.63) is 127 Å². The van der Waals surface area contributed by atoms with E-state index in [9.17, 15) is 0 Å². The Morgan fingerprint density at radius 2 is 1.15 bits per heavy atom. The van der Waals surface area contributed by atoms with E-state index in [4.69, 9.17) is 9.97 Å². The lowest BCUT2D eigenvalue weighted by atomic mass is 10.1. The van der Waals surface area contributed by atoms with Crippen molar-refractivity contribution in [3.63, 3.8) is 0 Å². The SMILES string of the molecule is Cc1cn(-c2cccc(-c3nc(-c4ccccc4)cc(-c4ccccc4)n3)c2)c2ccccc12. The van der Waals surface area contributed by atoms with E-state index in [1.54, 1.807) is 0 Å². The summed E-state index contributed by atoms with van der Waals surface area (Å²) in [5, 5.41) is 1.27. The van der Waals surface area contributed by atoms with Crippen molar-refractivity contribution in [2.75, 3.05) is 0 Å². The fourth-order valence-electron chi connectivity index (χ4n) is 4.45. The van der Waals surface area contributed by atoms with Gasteiger partial charge in [0.15, 0.2) is 5.82 Å². The molecule has 0 atom stereocenters. The zero-order chi connectivity index (χ0) is 22.9. The summed E-state index contributed by atoms with van der Waals surface area (Å²) in [6.07, 6.45) is 2.19. The van der Waals surface area contributed by atoms with E-state index in [-0.39, 0.29) is 0 Å². The van der Waals surface area contributed by atoms with E-state index in [1.165, 1.54) is 16.5 Å². The summed E-state index contributed by atoms with van der Waals surface area (Å²) >= 11 is 0. The first-order valence-corrected chi connectivity index (χ1v) is 11.4. The van der Waals surface area contributed by atoms with Gasteiger partial charge in [-0.1, -0.05) is 91.0 Å². The van der Waals surface area contributed by atoms with E-state index < -0.39 is 0 Å². The number of aromatic nitrogens is 3. The molecule has 0 N–H and O–H groups in total. The second kappa shape index (κ2) is 8.45. The molecule has 0 bridgehead atoms. The van der Waals surface area contributed by atoms with Crippen molar-refractivity contribution < 1.29 is 0 Å². The van der Waals surface area contributed by atoms with Crippen LogP contribution in [-0.4, -0.2) is 14.5 Å². The van der Waals surface area contributed by atoms with Crippen molar-refractivity contribution >= 4 is 10.9 Å². The number of para-hydroxylation sites is 1. The molecule has 0 aliphatic rings. The van der Waals surface area contributed by atoms with E-state index in [0.29, 0.717) is 0 Å². The molecule has 4 aromatic carbocycles. The Bertz CT molecular complexity index is 1540. The highest BCUT2D eigenvalue weighted by Gasteiger charge is 2.12. The summed E-state index contributed by atoms with van der Waals surface area (Å²) in [5.41, 5.74) is 8.52. The van der Waals surface area contributed by atoms with Crippen LogP contribution in [0.3, 0.4) is 0 Å². The van der Waals surface area contributed by atoms with E-state index in [2.05, 4.69) is 96.6 Å². The predicted molar refractivity (Wildman–Crippen MR) is 140 cm³/mol. The number of rotatable bonds is 4. The van der Waals surface area contributed by atoms with Gasteiger partial charge in [0.1, 0.15) is 0 Å². The molecule has 2 heterocycles. The molecule has 0 saturated heterocycles. The fourth-order valence-corrected chi connectivity index (χ4v) is 4.45. The zero-order valence-electron chi connectivity index (χ0n) is 18.9. The first-order valence-electron chi connectivity index (χ1n) is 11.4. The van der Waals surface area contributed by atoms with Crippen LogP contribution in [0.1, 0.15) is 5.56 Å². The summed E-state index contributed by atoms with van der Waals surface area (Å²) in [5.74, 6) is 0.718. The van der Waals surface area contributed by atoms with Gasteiger partial charge in [-0.3, -0.25) is 0 Å². The summed E-state index contributed by atoms with van der Waals surface area (Å²) in [6.45, 7) is 2.15. The van der Waals surface area contributed by atoms with E-state index >= 15 is 0 Å². The molecule has 0 saturated carbocycles. The summed E-state index contributed by atoms with van der Waals surface area (Å²) < 4.78 is 2.24. The third-order valence-corrected chi connectivity index (χ3v) is 6.16. The molecule has 3 nitrogen and oxygen atoms in total. The molecule has 0 spiro atoms. The Morgan fingerprint density at radius 3 is 1.82 bits per heavy atom. The van der Waals surface area contributed by atoms with Crippen molar-refractivity contribution in [1.82, 2.24) is 14.5 Å². The molecule has 0 radical (unpaired) electrons. The van der Waals surface area contributed by atoms with Crippen LogP contribution < -0.4 is 0 Å². The molecule has 0 aliphatic carbocycles. The molecular weight excluding hydrogens is 414 g/mol. The lowest BCUT2D eigenvalue weighted by Gasteiger charge is -2.11. The van der Waals surface area contributed by atoms with Crippen LogP contribution >= 0.6 is 0 Å². The number of aryl methyl sites for hydroxylation is 1. The lowest BCUT2D eigenvalue weighted by Crippen LogP contribution is -1.97. The maximum Gasteiger partial charge on any atom is 0.160 e. The normalized spacial score (nSPS) is 11.1. The second-order valence-electron chi connectivity index (χ2n) is 8.44. The van der Waals surface area contributed by atoms with Crippen LogP contribution in [0.2, 0.25) is 0 Å². The van der Waals surface area contributed by atoms with Crippen molar-refractivity contribution in [2.24, 2.45) is 0 Å². The third kappa shape index (κ3) is 3.67. The maximum atomic E-state index is 4.98. The topological polar surface area (TPSA) is 30.7 Å². The van der Waals surface area contributed by atoms with Gasteiger partial charge in [0.2, 0.25) is 0 Å². The highest BCUT2D eigenvalue weighted by Crippen LogP contribution is 2.30. The Hall–Kier alpha value is -4.50. The number of hydrogen-bond acceptors (Lipinski definition) is 2. The summed E-state index contributed by atoms with van der Waals surface area (Å²) in [6, 6.07) is 39.6. The van der Waals surface area contributed by atoms with Gasteiger partial charge < -0.3 is 4.57 Å². The number of hydrogen-bond donors (Lipinski definition) is 0. The molecule has 0 amide bonds. The first-order chi connectivity index (χ1) is 16.8. The average Bonchev–Trinajstić information content (AvgIpc) is 3.26. The molecule has 34 heavy (non-hydrogen) atoms. The molecule has 2 aromatic heterocycles. The van der Waals surface area contributed by atoms with Crippen LogP contribution in [0.25, 0.3) is 50.5 Å². The largest absolute Gasteiger partial charge is 0.316 e. The van der Waals surface area contributed by atoms with Gasteiger partial charge in [0.25, 0.3) is 0 Å². The average molecular weight is 438 g/mol. The van der Waals surface area contributed by atoms with Gasteiger partial charge in [-0.25, -0.2) is 9.97 Å². The second-order valence-corrected chi connectivity index (χ2v) is 8.44. The zero-order valence-corrected chi connectivity index (χ0v) is 18.9. The minimum absolute atomic E-state index is 0.718. The van der Waals surface area contributed by atoms with Crippen LogP contribution in [0.15, 0.2) is 121 Å². The number of benzene rings is 4. The summed E-state index contributed by atoms with van der Waals surface area (Å²) in [7, 11) is 0. The molecule has 6 rings (SSSR count). The predicted octanol–water partition coefficient (Wildman–Crippen LogP) is 7.73. The van der Waals surface area contributed by atoms with Gasteiger partial charge >= 0.3 is 0 Å². The molecule has 0 unspecified atom stereocenters. The number of nitrogens with zero attached hydrogens (tertiary/aromatic N) is 3. The van der Waals surface area contributed by atoms with Gasteiger partial charge in [-0.2, -0.15) is 0 Å². The molecule has 162 valence electrons. The Kier molecular flexibility index (Phi) is 5.00. The molecule has 0 fully saturated rings. The van der Waals surface area contributed by atoms with Gasteiger partial charge in [-0.05, 0) is 36.8 Å². The van der Waals surface area contributed by atoms with Gasteiger partial charge in [0.05, 0.1) is 16.9 Å². The number of fused-ring (bicyclic) bond motifs is 1. The Morgan fingerprint density at radius 1 is 0.559 bits per heavy atom. The fraction of sp³-hybridized carbons (Fsp3) is 0.0323. The quantitative estimate of drug-likeness (QED) is 0.282. The molecule has 6 aromatic rings. The highest BCUT2D eigenvalue weighted by atomic mass is 15.0. The lowest BCUT2D eigenvalue weighted by molar-refractivity contribution is 1.11. The summed E-state index contributed by atoms with van der Waals surface area (Å²) in [4.78, 5) is 9.96. The van der Waals surface area contributed by atoms with Crippen LogP contribution in [0, 0.1) is 6.92 Å². The minimum Gasteiger partial charge on any atom is -0.316 e. The van der Waals surface area contributed by atoms with Crippen molar-refractivity contribution in [3.8, 4) is 39.6 Å². The van der Waals surface area contributed by atoms with E-state index in [0.717, 1.165) is 39.6 Å². The molecular formula is C31H23N3. The van der Waals surface area contributed by atoms with Crippen molar-refractivity contribution in [1.29, 1.82) is 0 Å². The maximum absolute atomic E-state index is 4.98. The van der Waals surface area contributed by atoms with Gasteiger partial charge in [-0.15, -0.1) is 0 Å². The molecule has 0 aliphatic heterocycles. The Labute approximate surface area is 199 Å². The smallest absolute Gasteiger partial charge is 0.160 e. The van der Waals surface area contributed by atoms with Crippen LogP contribution in [0.4, 0.5) is 0 Å². The first kappa shape index (κ1) is 20.1. The van der Waals surface area contributed by atoms with Gasteiger partial charge in [0, 0.05) is 34.0 Å².